The van der Waals surface area contributed by atoms with E-state index in [9.17, 15) is 36.8 Å². The number of amides is 5. The molecule has 1 aliphatic heterocycles. The van der Waals surface area contributed by atoms with Gasteiger partial charge in [0.2, 0.25) is 21.8 Å². The zero-order valence-electron chi connectivity index (χ0n) is 27.9. The van der Waals surface area contributed by atoms with Crippen LogP contribution in [0.15, 0.2) is 36.9 Å². The third kappa shape index (κ3) is 8.62. The number of benzene rings is 1. The molecular weight excluding hydrogens is 649 g/mol. The van der Waals surface area contributed by atoms with Crippen molar-refractivity contribution in [2.24, 2.45) is 11.3 Å². The van der Waals surface area contributed by atoms with Crippen molar-refractivity contribution in [1.29, 1.82) is 0 Å². The lowest BCUT2D eigenvalue weighted by atomic mass is 9.85. The molecule has 4 N–H and O–H groups in total. The Morgan fingerprint density at radius 2 is 1.71 bits per heavy atom. The highest BCUT2D eigenvalue weighted by molar-refractivity contribution is 7.91. The fourth-order valence-corrected chi connectivity index (χ4v) is 6.85. The number of hydrogen-bond acceptors (Lipinski definition) is 9. The van der Waals surface area contributed by atoms with Gasteiger partial charge in [-0.1, -0.05) is 39.0 Å². The topological polar surface area (TPSA) is 189 Å². The molecule has 5 atom stereocenters. The van der Waals surface area contributed by atoms with Crippen LogP contribution in [0.25, 0.3) is 0 Å². The molecule has 2 saturated carbocycles. The summed E-state index contributed by atoms with van der Waals surface area (Å²) in [6.45, 7) is 13.5. The Labute approximate surface area is 279 Å². The van der Waals surface area contributed by atoms with Gasteiger partial charge in [0.25, 0.3) is 5.91 Å². The number of carbonyl (C=O) groups is 5. The number of anilines is 1. The van der Waals surface area contributed by atoms with Crippen molar-refractivity contribution < 1.29 is 46.3 Å². The SMILES string of the molecule is C=CC1C[C@]1(NC(=O)[C@@H]1C[C@@H](OC(=O)Nc2ccccc2F)CN1C(=O)[C@@H](NC(=O)OC(C)(C)C)C(C)(C)C)C(=O)NS(=O)(=O)C1CC1. The molecule has 0 spiro atoms. The minimum atomic E-state index is -3.94. The molecule has 1 unspecified atom stereocenters. The minimum absolute atomic E-state index is 0.0741. The molecule has 4 rings (SSSR count). The third-order valence-corrected chi connectivity index (χ3v) is 10.1. The lowest BCUT2D eigenvalue weighted by Crippen LogP contribution is -2.60. The third-order valence-electron chi connectivity index (χ3n) is 8.26. The van der Waals surface area contributed by atoms with Gasteiger partial charge in [-0.15, -0.1) is 6.58 Å². The molecule has 1 heterocycles. The zero-order valence-corrected chi connectivity index (χ0v) is 28.7. The molecule has 5 amide bonds. The number of ether oxygens (including phenoxy) is 2. The molecule has 48 heavy (non-hydrogen) atoms. The largest absolute Gasteiger partial charge is 0.444 e. The summed E-state index contributed by atoms with van der Waals surface area (Å²) >= 11 is 0. The number of hydrogen-bond donors (Lipinski definition) is 4. The molecule has 0 radical (unpaired) electrons. The van der Waals surface area contributed by atoms with Crippen LogP contribution in [-0.2, 0) is 33.9 Å². The molecule has 0 bridgehead atoms. The van der Waals surface area contributed by atoms with E-state index >= 15 is 0 Å². The first-order valence-electron chi connectivity index (χ1n) is 15.7. The number of nitrogens with one attached hydrogen (secondary N) is 4. The molecule has 0 aromatic heterocycles. The van der Waals surface area contributed by atoms with Crippen LogP contribution in [-0.4, -0.2) is 84.3 Å². The first-order valence-corrected chi connectivity index (χ1v) is 17.2. The van der Waals surface area contributed by atoms with Gasteiger partial charge in [0, 0.05) is 12.3 Å². The Morgan fingerprint density at radius 3 is 2.25 bits per heavy atom. The van der Waals surface area contributed by atoms with Crippen molar-refractivity contribution in [2.75, 3.05) is 11.9 Å². The Kier molecular flexibility index (Phi) is 10.2. The van der Waals surface area contributed by atoms with E-state index in [4.69, 9.17) is 9.47 Å². The van der Waals surface area contributed by atoms with Gasteiger partial charge >= 0.3 is 12.2 Å². The summed E-state index contributed by atoms with van der Waals surface area (Å²) in [7, 11) is -3.94. The van der Waals surface area contributed by atoms with Gasteiger partial charge in [0.15, 0.2) is 0 Å². The maximum absolute atomic E-state index is 14.2. The van der Waals surface area contributed by atoms with E-state index in [2.05, 4.69) is 27.3 Å². The second-order valence-electron chi connectivity index (χ2n) is 14.5. The van der Waals surface area contributed by atoms with Gasteiger partial charge < -0.3 is 25.0 Å². The van der Waals surface area contributed by atoms with Gasteiger partial charge in [-0.05, 0) is 57.6 Å². The van der Waals surface area contributed by atoms with Crippen molar-refractivity contribution in [3.05, 3.63) is 42.7 Å². The minimum Gasteiger partial charge on any atom is -0.444 e. The Hall–Kier alpha value is -4.21. The standard InChI is InChI=1S/C32H44FN5O9S/c1-8-18-16-32(18,27(41)37-48(44,45)20-13-14-20)36-25(39)23-15-19(46-28(42)34-22-12-10-9-11-21(22)33)17-38(23)26(40)24(30(2,3)4)35-29(43)47-31(5,6)7/h8-12,18-20,23-24H,1,13-17H2,2-7H3,(H,34,42)(H,35,43)(H,36,39)(H,37,41)/t18?,19-,23+,24-,32-/m1/s1. The summed E-state index contributed by atoms with van der Waals surface area (Å²) in [5.41, 5.74) is -3.53. The Morgan fingerprint density at radius 1 is 1.06 bits per heavy atom. The van der Waals surface area contributed by atoms with E-state index in [1.54, 1.807) is 41.5 Å². The number of rotatable bonds is 10. The number of nitrogens with zero attached hydrogens (tertiary/aromatic N) is 1. The number of halogens is 1. The molecular formula is C32H44FN5O9S. The lowest BCUT2D eigenvalue weighted by molar-refractivity contribution is -0.143. The predicted molar refractivity (Wildman–Crippen MR) is 172 cm³/mol. The van der Waals surface area contributed by atoms with Crippen LogP contribution in [0.2, 0.25) is 0 Å². The van der Waals surface area contributed by atoms with E-state index in [-0.39, 0.29) is 25.1 Å². The summed E-state index contributed by atoms with van der Waals surface area (Å²) in [6, 6.07) is 2.90. The van der Waals surface area contributed by atoms with E-state index in [1.807, 2.05) is 0 Å². The van der Waals surface area contributed by atoms with Crippen LogP contribution in [0.1, 0.15) is 67.2 Å². The molecule has 3 fully saturated rings. The van der Waals surface area contributed by atoms with Gasteiger partial charge in [0.1, 0.15) is 35.1 Å². The molecule has 1 saturated heterocycles. The summed E-state index contributed by atoms with van der Waals surface area (Å²) in [5, 5.41) is 6.86. The molecule has 264 valence electrons. The number of para-hydroxylation sites is 1. The van der Waals surface area contributed by atoms with Crippen molar-refractivity contribution in [2.45, 2.75) is 102 Å². The molecule has 1 aromatic carbocycles. The fourth-order valence-electron chi connectivity index (χ4n) is 5.49. The molecule has 2 aliphatic carbocycles. The van der Waals surface area contributed by atoms with Crippen molar-refractivity contribution >= 4 is 45.6 Å². The summed E-state index contributed by atoms with van der Waals surface area (Å²) in [6.07, 6.45) is -0.838. The maximum Gasteiger partial charge on any atom is 0.412 e. The second-order valence-corrected chi connectivity index (χ2v) is 16.5. The predicted octanol–water partition coefficient (Wildman–Crippen LogP) is 2.95. The van der Waals surface area contributed by atoms with Gasteiger partial charge in [-0.3, -0.25) is 24.4 Å². The average Bonchev–Trinajstić information content (AvgIpc) is 3.88. The van der Waals surface area contributed by atoms with Crippen LogP contribution in [0.5, 0.6) is 0 Å². The summed E-state index contributed by atoms with van der Waals surface area (Å²) in [4.78, 5) is 68.1. The number of likely N-dealkylation sites (tertiary alicyclic amines) is 1. The molecule has 1 aromatic rings. The fraction of sp³-hybridized carbons (Fsp3) is 0.594. The van der Waals surface area contributed by atoms with Crippen LogP contribution in [0, 0.1) is 17.2 Å². The number of alkyl carbamates (subject to hydrolysis) is 1. The average molecular weight is 694 g/mol. The van der Waals surface area contributed by atoms with Gasteiger partial charge in [-0.25, -0.2) is 22.4 Å². The highest BCUT2D eigenvalue weighted by Gasteiger charge is 2.62. The van der Waals surface area contributed by atoms with Gasteiger partial charge in [-0.2, -0.15) is 0 Å². The number of sulfonamides is 1. The van der Waals surface area contributed by atoms with E-state index in [1.165, 1.54) is 24.3 Å². The molecule has 3 aliphatic rings. The normalized spacial score (nSPS) is 24.5. The Bertz CT molecular complexity index is 1580. The summed E-state index contributed by atoms with van der Waals surface area (Å²) in [5.74, 6) is -3.71. The van der Waals surface area contributed by atoms with E-state index in [0.717, 1.165) is 11.0 Å². The van der Waals surface area contributed by atoms with Crippen LogP contribution >= 0.6 is 0 Å². The monoisotopic (exact) mass is 693 g/mol. The number of carbonyl (C=O) groups excluding carboxylic acids is 5. The highest BCUT2D eigenvalue weighted by atomic mass is 32.2. The zero-order chi connectivity index (χ0) is 35.8. The van der Waals surface area contributed by atoms with Crippen LogP contribution < -0.4 is 20.7 Å². The lowest BCUT2D eigenvalue weighted by Gasteiger charge is -2.36. The smallest absolute Gasteiger partial charge is 0.412 e. The first-order chi connectivity index (χ1) is 22.2. The maximum atomic E-state index is 14.2. The van der Waals surface area contributed by atoms with Crippen molar-refractivity contribution in [3.63, 3.8) is 0 Å². The van der Waals surface area contributed by atoms with Crippen molar-refractivity contribution in [3.8, 4) is 0 Å². The van der Waals surface area contributed by atoms with E-state index in [0.29, 0.717) is 12.8 Å². The highest BCUT2D eigenvalue weighted by Crippen LogP contribution is 2.45. The Balaban J connectivity index is 1.59. The van der Waals surface area contributed by atoms with Crippen LogP contribution in [0.4, 0.5) is 19.7 Å². The van der Waals surface area contributed by atoms with Gasteiger partial charge in [0.05, 0.1) is 17.5 Å². The van der Waals surface area contributed by atoms with Crippen molar-refractivity contribution in [1.82, 2.24) is 20.3 Å². The van der Waals surface area contributed by atoms with E-state index < -0.39 is 91.7 Å². The second kappa shape index (κ2) is 13.4. The first kappa shape index (κ1) is 36.6. The van der Waals surface area contributed by atoms with Crippen LogP contribution in [0.3, 0.4) is 0 Å². The molecule has 16 heteroatoms. The molecule has 14 nitrogen and oxygen atoms in total. The summed E-state index contributed by atoms with van der Waals surface area (Å²) < 4.78 is 52.2. The quantitative estimate of drug-likeness (QED) is 0.267.